The van der Waals surface area contributed by atoms with Gasteiger partial charge < -0.3 is 4.84 Å². The van der Waals surface area contributed by atoms with Crippen molar-refractivity contribution in [3.8, 4) is 0 Å². The lowest BCUT2D eigenvalue weighted by molar-refractivity contribution is -0.393. The summed E-state index contributed by atoms with van der Waals surface area (Å²) in [6.07, 6.45) is 0. The number of oxime groups is 1. The van der Waals surface area contributed by atoms with Crippen LogP contribution in [-0.4, -0.2) is 21.5 Å². The predicted molar refractivity (Wildman–Crippen MR) is 115 cm³/mol. The summed E-state index contributed by atoms with van der Waals surface area (Å²) in [7, 11) is 0. The van der Waals surface area contributed by atoms with Crippen molar-refractivity contribution in [3.05, 3.63) is 110 Å². The minimum absolute atomic E-state index is 0.0140. The Hall–Kier alpha value is -4.60. The molecule has 0 radical (unpaired) electrons. The van der Waals surface area contributed by atoms with Crippen LogP contribution in [0.1, 0.15) is 16.7 Å². The fourth-order valence-corrected chi connectivity index (χ4v) is 3.41. The molecule has 3 aromatic rings. The van der Waals surface area contributed by atoms with Gasteiger partial charge in [-0.1, -0.05) is 65.8 Å². The van der Waals surface area contributed by atoms with E-state index < -0.39 is 27.1 Å². The van der Waals surface area contributed by atoms with Gasteiger partial charge in [0.2, 0.25) is 0 Å². The number of hydrogen-bond acceptors (Lipinski definition) is 7. The van der Waals surface area contributed by atoms with Crippen LogP contribution in [0.15, 0.2) is 78.0 Å². The molecule has 0 aromatic heterocycles. The van der Waals surface area contributed by atoms with Gasteiger partial charge in [0.15, 0.2) is 5.71 Å². The van der Waals surface area contributed by atoms with Crippen molar-refractivity contribution in [2.75, 3.05) is 4.90 Å². The summed E-state index contributed by atoms with van der Waals surface area (Å²) < 4.78 is 0. The number of nitro benzene ring substituents is 2. The first-order valence-electron chi connectivity index (χ1n) is 9.52. The number of benzene rings is 3. The van der Waals surface area contributed by atoms with Crippen molar-refractivity contribution in [2.45, 2.75) is 13.2 Å². The highest BCUT2D eigenvalue weighted by Gasteiger charge is 2.42. The highest BCUT2D eigenvalue weighted by Crippen LogP contribution is 2.41. The lowest BCUT2D eigenvalue weighted by Gasteiger charge is -2.16. The van der Waals surface area contributed by atoms with E-state index in [1.54, 1.807) is 30.3 Å². The molecule has 3 aromatic carbocycles. The number of carbonyl (C=O) groups excluding carboxylic acids is 1. The molecule has 4 rings (SSSR count). The normalized spacial score (nSPS) is 13.8. The monoisotopic (exact) mass is 432 g/mol. The van der Waals surface area contributed by atoms with E-state index in [0.29, 0.717) is 0 Å². The highest BCUT2D eigenvalue weighted by molar-refractivity contribution is 6.54. The third kappa shape index (κ3) is 4.01. The van der Waals surface area contributed by atoms with Crippen LogP contribution in [0.3, 0.4) is 0 Å². The molecule has 1 aliphatic rings. The fraction of sp³-hybridized carbons (Fsp3) is 0.0909. The van der Waals surface area contributed by atoms with E-state index in [-0.39, 0.29) is 30.1 Å². The molecule has 0 aliphatic carbocycles. The Labute approximate surface area is 181 Å². The molecule has 160 valence electrons. The van der Waals surface area contributed by atoms with Gasteiger partial charge in [-0.25, -0.2) is 0 Å². The number of carbonyl (C=O) groups is 1. The van der Waals surface area contributed by atoms with E-state index in [4.69, 9.17) is 4.84 Å². The molecule has 1 amide bonds. The molecular weight excluding hydrogens is 416 g/mol. The Bertz CT molecular complexity index is 1230. The number of nitrogens with zero attached hydrogens (tertiary/aromatic N) is 4. The molecule has 0 fully saturated rings. The summed E-state index contributed by atoms with van der Waals surface area (Å²) in [5.74, 6) is -0.638. The highest BCUT2D eigenvalue weighted by atomic mass is 16.6. The van der Waals surface area contributed by atoms with Crippen molar-refractivity contribution in [3.63, 3.8) is 0 Å². The Morgan fingerprint density at radius 3 is 2.09 bits per heavy atom. The molecule has 0 saturated carbocycles. The molecule has 0 atom stereocenters. The van der Waals surface area contributed by atoms with E-state index in [1.807, 2.05) is 30.3 Å². The maximum atomic E-state index is 13.2. The second kappa shape index (κ2) is 8.64. The maximum Gasteiger partial charge on any atom is 0.300 e. The van der Waals surface area contributed by atoms with E-state index in [9.17, 15) is 25.0 Å². The number of amides is 1. The van der Waals surface area contributed by atoms with Crippen molar-refractivity contribution in [1.82, 2.24) is 0 Å². The van der Waals surface area contributed by atoms with Crippen LogP contribution < -0.4 is 4.90 Å². The number of rotatable bonds is 7. The molecule has 1 heterocycles. The summed E-state index contributed by atoms with van der Waals surface area (Å²) in [5, 5.41) is 27.0. The standard InChI is InChI=1S/C22H16N4O6/c27-22-20(23-32-14-16-9-5-2-6-10-16)18-11-17(25(28)29)12-19(26(30)31)21(18)24(22)13-15-7-3-1-4-8-15/h1-12H,13-14H2. The molecule has 0 unspecified atom stereocenters. The third-order valence-electron chi connectivity index (χ3n) is 4.87. The van der Waals surface area contributed by atoms with Gasteiger partial charge >= 0.3 is 5.69 Å². The number of non-ortho nitro benzene ring substituents is 1. The first kappa shape index (κ1) is 20.7. The molecule has 32 heavy (non-hydrogen) atoms. The van der Waals surface area contributed by atoms with Crippen LogP contribution in [-0.2, 0) is 22.8 Å². The first-order valence-corrected chi connectivity index (χ1v) is 9.52. The van der Waals surface area contributed by atoms with Gasteiger partial charge in [0.05, 0.1) is 22.5 Å². The average Bonchev–Trinajstić information content (AvgIpc) is 3.05. The quantitative estimate of drug-likeness (QED) is 0.410. The van der Waals surface area contributed by atoms with Crippen molar-refractivity contribution >= 4 is 28.7 Å². The van der Waals surface area contributed by atoms with Crippen LogP contribution in [0.4, 0.5) is 17.1 Å². The van der Waals surface area contributed by atoms with Gasteiger partial charge in [-0.05, 0) is 11.1 Å². The molecule has 1 aliphatic heterocycles. The Morgan fingerprint density at radius 1 is 0.875 bits per heavy atom. The number of anilines is 1. The summed E-state index contributed by atoms with van der Waals surface area (Å²) in [6, 6.07) is 19.9. The summed E-state index contributed by atoms with van der Waals surface area (Å²) in [6.45, 7) is 0.0890. The van der Waals surface area contributed by atoms with E-state index >= 15 is 0 Å². The predicted octanol–water partition coefficient (Wildman–Crippen LogP) is 3.97. The van der Waals surface area contributed by atoms with Gasteiger partial charge in [0, 0.05) is 11.6 Å². The van der Waals surface area contributed by atoms with E-state index in [2.05, 4.69) is 5.16 Å². The zero-order valence-electron chi connectivity index (χ0n) is 16.6. The van der Waals surface area contributed by atoms with E-state index in [1.165, 1.54) is 4.90 Å². The van der Waals surface area contributed by atoms with Crippen molar-refractivity contribution in [2.24, 2.45) is 5.16 Å². The zero-order valence-corrected chi connectivity index (χ0v) is 16.6. The Kier molecular flexibility index (Phi) is 5.58. The minimum Gasteiger partial charge on any atom is -0.390 e. The topological polar surface area (TPSA) is 128 Å². The SMILES string of the molecule is O=C1C(=NOCc2ccccc2)c2cc([N+](=O)[O-])cc([N+](=O)[O-])c2N1Cc1ccccc1. The average molecular weight is 432 g/mol. The van der Waals surface area contributed by atoms with Gasteiger partial charge in [-0.3, -0.25) is 29.9 Å². The van der Waals surface area contributed by atoms with Gasteiger partial charge in [0.25, 0.3) is 11.6 Å². The van der Waals surface area contributed by atoms with E-state index in [0.717, 1.165) is 23.3 Å². The van der Waals surface area contributed by atoms with Crippen LogP contribution in [0.25, 0.3) is 0 Å². The lowest BCUT2D eigenvalue weighted by Crippen LogP contribution is -2.30. The van der Waals surface area contributed by atoms with Crippen molar-refractivity contribution < 1.29 is 19.5 Å². The fourth-order valence-electron chi connectivity index (χ4n) is 3.41. The van der Waals surface area contributed by atoms with Crippen LogP contribution in [0.2, 0.25) is 0 Å². The lowest BCUT2D eigenvalue weighted by atomic mass is 10.1. The number of fused-ring (bicyclic) bond motifs is 1. The molecule has 10 nitrogen and oxygen atoms in total. The second-order valence-electron chi connectivity index (χ2n) is 6.95. The Morgan fingerprint density at radius 2 is 1.50 bits per heavy atom. The molecule has 0 N–H and O–H groups in total. The molecule has 0 spiro atoms. The van der Waals surface area contributed by atoms with Gasteiger partial charge in [-0.15, -0.1) is 0 Å². The van der Waals surface area contributed by atoms with Crippen LogP contribution in [0, 0.1) is 20.2 Å². The maximum absolute atomic E-state index is 13.2. The first-order chi connectivity index (χ1) is 15.5. The third-order valence-corrected chi connectivity index (χ3v) is 4.87. The zero-order chi connectivity index (χ0) is 22.7. The van der Waals surface area contributed by atoms with Crippen LogP contribution in [0.5, 0.6) is 0 Å². The van der Waals surface area contributed by atoms with Gasteiger partial charge in [0.1, 0.15) is 12.3 Å². The molecule has 0 bridgehead atoms. The van der Waals surface area contributed by atoms with Crippen molar-refractivity contribution in [1.29, 1.82) is 0 Å². The largest absolute Gasteiger partial charge is 0.390 e. The smallest absolute Gasteiger partial charge is 0.300 e. The summed E-state index contributed by atoms with van der Waals surface area (Å²) in [4.78, 5) is 41.3. The summed E-state index contributed by atoms with van der Waals surface area (Å²) in [5.41, 5.74) is 0.182. The van der Waals surface area contributed by atoms with Crippen LogP contribution >= 0.6 is 0 Å². The molecule has 10 heteroatoms. The number of nitro groups is 2. The Balaban J connectivity index is 1.78. The van der Waals surface area contributed by atoms with Gasteiger partial charge in [-0.2, -0.15) is 0 Å². The number of hydrogen-bond donors (Lipinski definition) is 0. The molecular formula is C22H16N4O6. The molecule has 0 saturated heterocycles. The second-order valence-corrected chi connectivity index (χ2v) is 6.95. The summed E-state index contributed by atoms with van der Waals surface area (Å²) >= 11 is 0. The minimum atomic E-state index is -0.750.